The largest absolute Gasteiger partial charge is 0.488 e. The summed E-state index contributed by atoms with van der Waals surface area (Å²) in [5.41, 5.74) is 4.07. The zero-order valence-corrected chi connectivity index (χ0v) is 24.2. The van der Waals surface area contributed by atoms with Crippen LogP contribution < -0.4 is 15.7 Å². The van der Waals surface area contributed by atoms with Crippen molar-refractivity contribution in [2.45, 2.75) is 32.4 Å². The number of aromatic nitrogens is 5. The zero-order chi connectivity index (χ0) is 29.3. The Bertz CT molecular complexity index is 1630. The highest BCUT2D eigenvalue weighted by atomic mass is 16.6. The van der Waals surface area contributed by atoms with Crippen LogP contribution in [0.4, 0.5) is 17.3 Å². The van der Waals surface area contributed by atoms with Crippen molar-refractivity contribution in [3.05, 3.63) is 68.6 Å². The molecule has 1 aliphatic heterocycles. The third kappa shape index (κ3) is 5.95. The molecule has 1 N–H and O–H groups in total. The lowest BCUT2D eigenvalue weighted by Crippen LogP contribution is -2.42. The number of hydrogen-bond donors (Lipinski definition) is 1. The van der Waals surface area contributed by atoms with E-state index in [0.29, 0.717) is 48.9 Å². The number of imidazole rings is 2. The summed E-state index contributed by atoms with van der Waals surface area (Å²) >= 11 is 0. The molecule has 218 valence electrons. The highest BCUT2D eigenvalue weighted by Gasteiger charge is 2.27. The van der Waals surface area contributed by atoms with Gasteiger partial charge in [-0.3, -0.25) is 9.13 Å². The number of aryl methyl sites for hydroxylation is 3. The third-order valence-corrected chi connectivity index (χ3v) is 7.75. The number of nitrogens with one attached hydrogen (secondary N) is 1. The van der Waals surface area contributed by atoms with Gasteiger partial charge in [-0.1, -0.05) is 0 Å². The average Bonchev–Trinajstić information content (AvgIpc) is 3.41. The Balaban J connectivity index is 1.25. The van der Waals surface area contributed by atoms with Gasteiger partial charge in [0.25, 0.3) is 0 Å². The predicted octanol–water partition coefficient (Wildman–Crippen LogP) is 3.44. The number of benzene rings is 1. The Morgan fingerprint density at radius 1 is 1.17 bits per heavy atom. The summed E-state index contributed by atoms with van der Waals surface area (Å²) in [5.74, 6) is 1.29. The standard InChI is InChI=1S/C28H37N8O5/c1-19-14-21(41-13-10-36(4,5)17-25-27(35(38)39)30-18-32(25)2)6-7-22(19)31-26-15-23-24(16-29-26)33(3)28(37)34(23)20-8-11-40-12-9-20/h6-7,14-16,18,20H,8-13,17H2,1-5H3,(H,29,31)/q+1. The van der Waals surface area contributed by atoms with Crippen LogP contribution in [-0.2, 0) is 25.4 Å². The Morgan fingerprint density at radius 3 is 2.63 bits per heavy atom. The normalized spacial score (nSPS) is 14.5. The van der Waals surface area contributed by atoms with Crippen LogP contribution in [0.25, 0.3) is 11.0 Å². The van der Waals surface area contributed by atoms with Crippen molar-refractivity contribution in [1.82, 2.24) is 23.7 Å². The molecule has 1 saturated heterocycles. The first-order valence-corrected chi connectivity index (χ1v) is 13.7. The summed E-state index contributed by atoms with van der Waals surface area (Å²) in [7, 11) is 7.57. The third-order valence-electron chi connectivity index (χ3n) is 7.75. The van der Waals surface area contributed by atoms with Crippen LogP contribution in [0.1, 0.15) is 30.1 Å². The lowest BCUT2D eigenvalue weighted by atomic mass is 10.1. The summed E-state index contributed by atoms with van der Waals surface area (Å²) in [6.45, 7) is 4.86. The van der Waals surface area contributed by atoms with Crippen LogP contribution in [-0.4, -0.2) is 73.5 Å². The maximum Gasteiger partial charge on any atom is 0.390 e. The highest BCUT2D eigenvalue weighted by Crippen LogP contribution is 2.28. The van der Waals surface area contributed by atoms with Gasteiger partial charge in [0.2, 0.25) is 6.33 Å². The van der Waals surface area contributed by atoms with Crippen LogP contribution in [0, 0.1) is 17.0 Å². The number of fused-ring (bicyclic) bond motifs is 1. The van der Waals surface area contributed by atoms with Crippen molar-refractivity contribution in [2.24, 2.45) is 14.1 Å². The van der Waals surface area contributed by atoms with E-state index >= 15 is 0 Å². The molecule has 5 rings (SSSR count). The van der Waals surface area contributed by atoms with Crippen molar-refractivity contribution in [2.75, 3.05) is 45.8 Å². The lowest BCUT2D eigenvalue weighted by Gasteiger charge is -2.29. The fourth-order valence-electron chi connectivity index (χ4n) is 5.30. The molecule has 1 aliphatic rings. The van der Waals surface area contributed by atoms with Gasteiger partial charge in [0, 0.05) is 45.1 Å². The minimum absolute atomic E-state index is 0.0381. The van der Waals surface area contributed by atoms with Crippen molar-refractivity contribution >= 4 is 28.4 Å². The van der Waals surface area contributed by atoms with Gasteiger partial charge in [-0.25, -0.2) is 9.78 Å². The highest BCUT2D eigenvalue weighted by molar-refractivity contribution is 5.79. The Kier molecular flexibility index (Phi) is 7.82. The van der Waals surface area contributed by atoms with E-state index in [1.807, 2.05) is 49.9 Å². The molecule has 0 unspecified atom stereocenters. The lowest BCUT2D eigenvalue weighted by molar-refractivity contribution is -0.904. The molecule has 1 fully saturated rings. The molecule has 0 amide bonds. The van der Waals surface area contributed by atoms with Crippen molar-refractivity contribution in [3.8, 4) is 5.75 Å². The van der Waals surface area contributed by atoms with Crippen LogP contribution in [0.3, 0.4) is 0 Å². The van der Waals surface area contributed by atoms with E-state index < -0.39 is 4.92 Å². The molecule has 13 heteroatoms. The molecule has 0 atom stereocenters. The van der Waals surface area contributed by atoms with E-state index in [0.717, 1.165) is 40.9 Å². The molecule has 41 heavy (non-hydrogen) atoms. The number of ether oxygens (including phenoxy) is 2. The Hall–Kier alpha value is -4.23. The maximum absolute atomic E-state index is 13.0. The fourth-order valence-corrected chi connectivity index (χ4v) is 5.30. The average molecular weight is 566 g/mol. The number of hydrogen-bond acceptors (Lipinski definition) is 8. The number of likely N-dealkylation sites (N-methyl/N-ethyl adjacent to an activating group) is 1. The van der Waals surface area contributed by atoms with Gasteiger partial charge in [0.15, 0.2) is 5.69 Å². The smallest absolute Gasteiger partial charge is 0.390 e. The molecule has 4 aromatic rings. The van der Waals surface area contributed by atoms with Gasteiger partial charge in [-0.2, -0.15) is 0 Å². The molecular formula is C28H37N8O5+. The van der Waals surface area contributed by atoms with E-state index in [-0.39, 0.29) is 17.5 Å². The minimum atomic E-state index is -0.442. The van der Waals surface area contributed by atoms with E-state index in [4.69, 9.17) is 9.47 Å². The number of rotatable bonds is 10. The number of nitro groups is 1. The Morgan fingerprint density at radius 2 is 1.93 bits per heavy atom. The van der Waals surface area contributed by atoms with Crippen LogP contribution >= 0.6 is 0 Å². The van der Waals surface area contributed by atoms with Gasteiger partial charge < -0.3 is 34.0 Å². The molecule has 13 nitrogen and oxygen atoms in total. The monoisotopic (exact) mass is 565 g/mol. The second-order valence-electron chi connectivity index (χ2n) is 11.3. The van der Waals surface area contributed by atoms with E-state index in [2.05, 4.69) is 15.3 Å². The number of anilines is 2. The molecular weight excluding hydrogens is 528 g/mol. The quantitative estimate of drug-likeness (QED) is 0.176. The number of pyridine rings is 1. The first kappa shape index (κ1) is 28.3. The molecule has 0 saturated carbocycles. The molecule has 1 aromatic carbocycles. The second-order valence-corrected chi connectivity index (χ2v) is 11.3. The molecule has 0 radical (unpaired) electrons. The van der Waals surface area contributed by atoms with Gasteiger partial charge in [0.1, 0.15) is 31.3 Å². The number of nitrogens with zero attached hydrogens (tertiary/aromatic N) is 7. The second kappa shape index (κ2) is 11.3. The molecule has 3 aromatic heterocycles. The van der Waals surface area contributed by atoms with E-state index in [9.17, 15) is 14.9 Å². The molecule has 0 spiro atoms. The molecule has 0 aliphatic carbocycles. The van der Waals surface area contributed by atoms with Gasteiger partial charge in [0.05, 0.1) is 31.3 Å². The summed E-state index contributed by atoms with van der Waals surface area (Å²) < 4.78 is 17.3. The first-order chi connectivity index (χ1) is 19.5. The first-order valence-electron chi connectivity index (χ1n) is 13.7. The van der Waals surface area contributed by atoms with Crippen molar-refractivity contribution < 1.29 is 18.9 Å². The summed E-state index contributed by atoms with van der Waals surface area (Å²) in [4.78, 5) is 32.4. The van der Waals surface area contributed by atoms with Gasteiger partial charge in [-0.05, 0) is 53.4 Å². The zero-order valence-electron chi connectivity index (χ0n) is 24.2. The van der Waals surface area contributed by atoms with Gasteiger partial charge in [-0.15, -0.1) is 0 Å². The van der Waals surface area contributed by atoms with Crippen LogP contribution in [0.15, 0.2) is 41.6 Å². The van der Waals surface area contributed by atoms with Crippen molar-refractivity contribution in [1.29, 1.82) is 0 Å². The van der Waals surface area contributed by atoms with Crippen LogP contribution in [0.2, 0.25) is 0 Å². The summed E-state index contributed by atoms with van der Waals surface area (Å²) in [6, 6.07) is 7.86. The fraction of sp³-hybridized carbons (Fsp3) is 0.464. The summed E-state index contributed by atoms with van der Waals surface area (Å²) in [6.07, 6.45) is 4.83. The summed E-state index contributed by atoms with van der Waals surface area (Å²) in [5, 5.41) is 14.7. The SMILES string of the molecule is Cc1cc(OCC[N+](C)(C)Cc2c([N+](=O)[O-])ncn2C)ccc1Nc1cc2c(cn1)n(C)c(=O)n2C1CCOCC1. The Labute approximate surface area is 237 Å². The minimum Gasteiger partial charge on any atom is -0.488 e. The van der Waals surface area contributed by atoms with Crippen LogP contribution in [0.5, 0.6) is 5.75 Å². The van der Waals surface area contributed by atoms with E-state index in [1.165, 1.54) is 6.33 Å². The molecule has 4 heterocycles. The van der Waals surface area contributed by atoms with Gasteiger partial charge >= 0.3 is 11.5 Å². The van der Waals surface area contributed by atoms with Crippen molar-refractivity contribution in [3.63, 3.8) is 0 Å². The number of quaternary nitrogens is 1. The predicted molar refractivity (Wildman–Crippen MR) is 155 cm³/mol. The van der Waals surface area contributed by atoms with E-state index in [1.54, 1.807) is 29.4 Å². The maximum atomic E-state index is 13.0. The topological polar surface area (TPSA) is 131 Å². The molecule has 0 bridgehead atoms.